The van der Waals surface area contributed by atoms with Gasteiger partial charge in [-0.1, -0.05) is 0 Å². The van der Waals surface area contributed by atoms with E-state index in [1.54, 1.807) is 19.1 Å². The van der Waals surface area contributed by atoms with Gasteiger partial charge in [-0.2, -0.15) is 4.98 Å². The van der Waals surface area contributed by atoms with Crippen LogP contribution in [-0.4, -0.2) is 50.4 Å². The van der Waals surface area contributed by atoms with Crippen LogP contribution < -0.4 is 15.1 Å². The standard InChI is InChI=1S/C23H26F2N8/c1-14-19(25)21(27-13-26-14)31-11-15-3-4-16(12-31)20(15)28-22-29-23-32(9-2-10-33(23)30-22)18-7-5-17(24)6-8-18/h5-8,13,15-16,20H,2-4,9-12H2,1H3,(H,28,30)/t15-,16+,20?. The molecule has 8 nitrogen and oxygen atoms in total. The Bertz CT molecular complexity index is 1150. The van der Waals surface area contributed by atoms with E-state index in [2.05, 4.69) is 25.1 Å². The van der Waals surface area contributed by atoms with E-state index in [1.807, 2.05) is 4.68 Å². The van der Waals surface area contributed by atoms with Crippen molar-refractivity contribution < 1.29 is 8.78 Å². The molecular formula is C23H26F2N8. The summed E-state index contributed by atoms with van der Waals surface area (Å²) in [5.41, 5.74) is 1.29. The Morgan fingerprint density at radius 1 is 1.00 bits per heavy atom. The van der Waals surface area contributed by atoms with Crippen molar-refractivity contribution in [2.45, 2.75) is 38.8 Å². The van der Waals surface area contributed by atoms with Crippen LogP contribution in [0.1, 0.15) is 25.0 Å². The molecule has 1 saturated carbocycles. The minimum absolute atomic E-state index is 0.246. The van der Waals surface area contributed by atoms with Gasteiger partial charge in [-0.05, 0) is 62.3 Å². The number of aryl methyl sites for hydroxylation is 2. The molecule has 3 aliphatic rings. The van der Waals surface area contributed by atoms with Crippen LogP contribution in [0.2, 0.25) is 0 Å². The molecule has 10 heteroatoms. The first-order chi connectivity index (χ1) is 16.1. The molecule has 2 aromatic heterocycles. The monoisotopic (exact) mass is 452 g/mol. The van der Waals surface area contributed by atoms with Crippen molar-refractivity contribution in [1.29, 1.82) is 0 Å². The fraction of sp³-hybridized carbons (Fsp3) is 0.478. The molecule has 1 unspecified atom stereocenters. The second-order valence-corrected chi connectivity index (χ2v) is 9.21. The predicted octanol–water partition coefficient (Wildman–Crippen LogP) is 3.52. The summed E-state index contributed by atoms with van der Waals surface area (Å²) < 4.78 is 29.9. The summed E-state index contributed by atoms with van der Waals surface area (Å²) in [5.74, 6) is 1.96. The maximum Gasteiger partial charge on any atom is 0.244 e. The number of fused-ring (bicyclic) bond motifs is 3. The molecule has 3 aromatic rings. The highest BCUT2D eigenvalue weighted by molar-refractivity contribution is 5.59. The van der Waals surface area contributed by atoms with Crippen molar-refractivity contribution in [2.24, 2.45) is 11.8 Å². The van der Waals surface area contributed by atoms with Gasteiger partial charge in [0.1, 0.15) is 12.1 Å². The highest BCUT2D eigenvalue weighted by atomic mass is 19.1. The molecule has 0 amide bonds. The first-order valence-corrected chi connectivity index (χ1v) is 11.5. The number of nitrogens with one attached hydrogen (secondary N) is 1. The Morgan fingerprint density at radius 2 is 1.76 bits per heavy atom. The number of aromatic nitrogens is 5. The van der Waals surface area contributed by atoms with Crippen LogP contribution in [0, 0.1) is 30.4 Å². The Kier molecular flexibility index (Phi) is 4.88. The second kappa shape index (κ2) is 7.93. The highest BCUT2D eigenvalue weighted by Crippen LogP contribution is 2.40. The third-order valence-corrected chi connectivity index (χ3v) is 7.16. The maximum absolute atomic E-state index is 14.6. The van der Waals surface area contributed by atoms with Crippen LogP contribution in [0.4, 0.5) is 32.2 Å². The first kappa shape index (κ1) is 20.3. The van der Waals surface area contributed by atoms with E-state index in [0.717, 1.165) is 57.1 Å². The van der Waals surface area contributed by atoms with Crippen molar-refractivity contribution in [2.75, 3.05) is 34.8 Å². The summed E-state index contributed by atoms with van der Waals surface area (Å²) in [5, 5.41) is 8.32. The highest BCUT2D eigenvalue weighted by Gasteiger charge is 2.43. The predicted molar refractivity (Wildman–Crippen MR) is 121 cm³/mol. The van der Waals surface area contributed by atoms with Gasteiger partial charge in [0.25, 0.3) is 0 Å². The van der Waals surface area contributed by atoms with E-state index >= 15 is 0 Å². The lowest BCUT2D eigenvalue weighted by Gasteiger charge is -2.38. The lowest BCUT2D eigenvalue weighted by atomic mass is 9.92. The average Bonchev–Trinajstić information content (AvgIpc) is 3.32. The van der Waals surface area contributed by atoms with Gasteiger partial charge in [-0.3, -0.25) is 0 Å². The molecular weight excluding hydrogens is 426 g/mol. The second-order valence-electron chi connectivity index (χ2n) is 9.21. The van der Waals surface area contributed by atoms with Crippen LogP contribution in [-0.2, 0) is 6.54 Å². The van der Waals surface area contributed by atoms with Gasteiger partial charge in [0.2, 0.25) is 11.9 Å². The molecule has 0 spiro atoms. The molecule has 33 heavy (non-hydrogen) atoms. The molecule has 4 heterocycles. The molecule has 2 aliphatic heterocycles. The molecule has 2 fully saturated rings. The van der Waals surface area contributed by atoms with E-state index in [9.17, 15) is 8.78 Å². The quantitative estimate of drug-likeness (QED) is 0.649. The Hall–Kier alpha value is -3.30. The summed E-state index contributed by atoms with van der Waals surface area (Å²) >= 11 is 0. The molecule has 1 aliphatic carbocycles. The Morgan fingerprint density at radius 3 is 2.52 bits per heavy atom. The van der Waals surface area contributed by atoms with Gasteiger partial charge in [-0.25, -0.2) is 23.4 Å². The molecule has 1 N–H and O–H groups in total. The van der Waals surface area contributed by atoms with Crippen molar-refractivity contribution in [3.8, 4) is 0 Å². The largest absolute Gasteiger partial charge is 0.353 e. The van der Waals surface area contributed by atoms with Crippen molar-refractivity contribution >= 4 is 23.4 Å². The van der Waals surface area contributed by atoms with Crippen molar-refractivity contribution in [1.82, 2.24) is 24.7 Å². The fourth-order valence-corrected chi connectivity index (χ4v) is 5.53. The number of anilines is 4. The molecule has 1 saturated heterocycles. The fourth-order valence-electron chi connectivity index (χ4n) is 5.53. The molecule has 3 atom stereocenters. The smallest absolute Gasteiger partial charge is 0.244 e. The van der Waals surface area contributed by atoms with E-state index in [1.165, 1.54) is 18.5 Å². The van der Waals surface area contributed by atoms with Crippen LogP contribution in [0.25, 0.3) is 0 Å². The zero-order valence-electron chi connectivity index (χ0n) is 18.5. The molecule has 2 bridgehead atoms. The molecule has 1 aromatic carbocycles. The van der Waals surface area contributed by atoms with E-state index in [-0.39, 0.29) is 17.7 Å². The number of benzene rings is 1. The summed E-state index contributed by atoms with van der Waals surface area (Å²) in [7, 11) is 0. The van der Waals surface area contributed by atoms with E-state index in [0.29, 0.717) is 29.3 Å². The number of piperidine rings is 1. The Balaban J connectivity index is 1.20. The zero-order chi connectivity index (χ0) is 22.5. The number of rotatable bonds is 4. The van der Waals surface area contributed by atoms with Crippen molar-refractivity contribution in [3.05, 3.63) is 47.9 Å². The zero-order valence-corrected chi connectivity index (χ0v) is 18.5. The molecule has 0 radical (unpaired) electrons. The van der Waals surface area contributed by atoms with Gasteiger partial charge < -0.3 is 15.1 Å². The summed E-state index contributed by atoms with van der Waals surface area (Å²) in [6.07, 6.45) is 4.55. The summed E-state index contributed by atoms with van der Waals surface area (Å²) in [4.78, 5) is 17.1. The lowest BCUT2D eigenvalue weighted by Crippen LogP contribution is -2.48. The minimum Gasteiger partial charge on any atom is -0.353 e. The van der Waals surface area contributed by atoms with Crippen LogP contribution in [0.15, 0.2) is 30.6 Å². The number of hydrogen-bond donors (Lipinski definition) is 1. The summed E-state index contributed by atoms with van der Waals surface area (Å²) in [6.45, 7) is 4.79. The van der Waals surface area contributed by atoms with Crippen LogP contribution >= 0.6 is 0 Å². The average molecular weight is 453 g/mol. The van der Waals surface area contributed by atoms with Gasteiger partial charge in [0.05, 0.1) is 5.69 Å². The van der Waals surface area contributed by atoms with E-state index < -0.39 is 0 Å². The molecule has 6 rings (SSSR count). The lowest BCUT2D eigenvalue weighted by molar-refractivity contribution is 0.371. The van der Waals surface area contributed by atoms with Gasteiger partial charge in [0, 0.05) is 37.9 Å². The SMILES string of the molecule is Cc1ncnc(N2C[C@H]3CC[C@@H](C2)C3Nc2nc3n(n2)CCCN3c2ccc(F)cc2)c1F. The van der Waals surface area contributed by atoms with Gasteiger partial charge in [0.15, 0.2) is 11.6 Å². The van der Waals surface area contributed by atoms with Gasteiger partial charge in [-0.15, -0.1) is 5.10 Å². The number of halogens is 2. The number of nitrogens with zero attached hydrogens (tertiary/aromatic N) is 7. The van der Waals surface area contributed by atoms with Gasteiger partial charge >= 0.3 is 0 Å². The molecule has 172 valence electrons. The van der Waals surface area contributed by atoms with Crippen LogP contribution in [0.3, 0.4) is 0 Å². The van der Waals surface area contributed by atoms with Crippen LogP contribution in [0.5, 0.6) is 0 Å². The normalized spacial score (nSPS) is 24.2. The number of hydrogen-bond acceptors (Lipinski definition) is 7. The van der Waals surface area contributed by atoms with Crippen molar-refractivity contribution in [3.63, 3.8) is 0 Å². The topological polar surface area (TPSA) is 75.0 Å². The Labute approximate surface area is 190 Å². The summed E-state index contributed by atoms with van der Waals surface area (Å²) in [6, 6.07) is 6.73. The third-order valence-electron chi connectivity index (χ3n) is 7.16. The minimum atomic E-state index is -0.326. The van der Waals surface area contributed by atoms with E-state index in [4.69, 9.17) is 10.1 Å². The third kappa shape index (κ3) is 3.57. The maximum atomic E-state index is 14.6. The first-order valence-electron chi connectivity index (χ1n) is 11.5.